The van der Waals surface area contributed by atoms with Gasteiger partial charge < -0.3 is 10.4 Å². The highest BCUT2D eigenvalue weighted by atomic mass is 32.1. The van der Waals surface area contributed by atoms with Gasteiger partial charge >= 0.3 is 5.97 Å². The molecule has 0 radical (unpaired) electrons. The fraction of sp³-hybridized carbons (Fsp3) is 0.300. The first-order chi connectivity index (χ1) is 9.06. The minimum atomic E-state index is -0.999. The largest absolute Gasteiger partial charge is 0.480 e. The third kappa shape index (κ3) is 3.35. The highest BCUT2D eigenvalue weighted by Crippen LogP contribution is 2.11. The number of carboxylic acids is 1. The molecule has 2 N–H and O–H groups in total. The van der Waals surface area contributed by atoms with Crippen molar-refractivity contribution in [1.29, 1.82) is 0 Å². The maximum absolute atomic E-state index is 11.8. The van der Waals surface area contributed by atoms with Gasteiger partial charge in [0.15, 0.2) is 0 Å². The minimum Gasteiger partial charge on any atom is -0.480 e. The van der Waals surface area contributed by atoms with Crippen molar-refractivity contribution in [3.63, 3.8) is 0 Å². The minimum absolute atomic E-state index is 0.190. The van der Waals surface area contributed by atoms with E-state index >= 15 is 0 Å². The molecule has 2 rings (SSSR count). The van der Waals surface area contributed by atoms with E-state index < -0.39 is 5.97 Å². The quantitative estimate of drug-likeness (QED) is 0.801. The Morgan fingerprint density at radius 2 is 2.32 bits per heavy atom. The van der Waals surface area contributed by atoms with Crippen molar-refractivity contribution in [1.82, 2.24) is 25.3 Å². The van der Waals surface area contributed by atoms with Crippen LogP contribution in [0.5, 0.6) is 0 Å². The van der Waals surface area contributed by atoms with Crippen molar-refractivity contribution < 1.29 is 14.7 Å². The van der Waals surface area contributed by atoms with Crippen LogP contribution in [0.15, 0.2) is 11.7 Å². The molecule has 19 heavy (non-hydrogen) atoms. The van der Waals surface area contributed by atoms with Crippen molar-refractivity contribution in [3.8, 4) is 0 Å². The summed E-state index contributed by atoms with van der Waals surface area (Å²) in [6.45, 7) is 1.69. The number of nitrogens with zero attached hydrogens (tertiary/aromatic N) is 4. The molecule has 9 heteroatoms. The van der Waals surface area contributed by atoms with E-state index in [1.165, 1.54) is 22.2 Å². The fourth-order valence-electron chi connectivity index (χ4n) is 1.41. The van der Waals surface area contributed by atoms with Crippen LogP contribution in [-0.2, 0) is 17.9 Å². The summed E-state index contributed by atoms with van der Waals surface area (Å²) >= 11 is 1.26. The number of hydrogen-bond donors (Lipinski definition) is 2. The molecule has 0 aliphatic carbocycles. The molecule has 1 amide bonds. The summed E-state index contributed by atoms with van der Waals surface area (Å²) in [4.78, 5) is 26.8. The Bertz CT molecular complexity index is 606. The number of rotatable bonds is 5. The van der Waals surface area contributed by atoms with Gasteiger partial charge in [-0.1, -0.05) is 5.21 Å². The number of nitrogens with one attached hydrogen (secondary N) is 1. The molecule has 0 unspecified atom stereocenters. The number of hydrogen-bond acceptors (Lipinski definition) is 6. The molecule has 8 nitrogen and oxygen atoms in total. The second-order valence-corrected chi connectivity index (χ2v) is 4.61. The Morgan fingerprint density at radius 3 is 2.95 bits per heavy atom. The lowest BCUT2D eigenvalue weighted by molar-refractivity contribution is -0.137. The summed E-state index contributed by atoms with van der Waals surface area (Å²) in [6.07, 6.45) is 1.48. The summed E-state index contributed by atoms with van der Waals surface area (Å²) in [7, 11) is 0. The lowest BCUT2D eigenvalue weighted by Gasteiger charge is -2.00. The SMILES string of the molecule is Cc1ncsc1C(=O)NCc1cn(CC(=O)O)nn1. The molecule has 0 fully saturated rings. The number of carbonyl (C=O) groups is 2. The van der Waals surface area contributed by atoms with Gasteiger partial charge in [-0.15, -0.1) is 16.4 Å². The molecule has 2 heterocycles. The van der Waals surface area contributed by atoms with Gasteiger partial charge in [0.05, 0.1) is 23.9 Å². The van der Waals surface area contributed by atoms with E-state index in [0.717, 1.165) is 0 Å². The van der Waals surface area contributed by atoms with Crippen LogP contribution in [0.25, 0.3) is 0 Å². The van der Waals surface area contributed by atoms with E-state index in [2.05, 4.69) is 20.6 Å². The zero-order valence-electron chi connectivity index (χ0n) is 10.0. The van der Waals surface area contributed by atoms with Crippen LogP contribution in [0.2, 0.25) is 0 Å². The first-order valence-electron chi connectivity index (χ1n) is 5.35. The maximum Gasteiger partial charge on any atom is 0.325 e. The molecular formula is C10H11N5O3S. The second-order valence-electron chi connectivity index (χ2n) is 3.75. The first kappa shape index (κ1) is 13.1. The van der Waals surface area contributed by atoms with E-state index in [-0.39, 0.29) is 19.0 Å². The highest BCUT2D eigenvalue weighted by Gasteiger charge is 2.12. The molecule has 2 aromatic heterocycles. The summed E-state index contributed by atoms with van der Waals surface area (Å²) in [5.41, 5.74) is 2.78. The maximum atomic E-state index is 11.8. The third-order valence-electron chi connectivity index (χ3n) is 2.27. The molecule has 0 saturated carbocycles. The van der Waals surface area contributed by atoms with E-state index in [4.69, 9.17) is 5.11 Å². The van der Waals surface area contributed by atoms with Gasteiger partial charge in [-0.2, -0.15) is 0 Å². The van der Waals surface area contributed by atoms with Gasteiger partial charge in [0.1, 0.15) is 17.1 Å². The third-order valence-corrected chi connectivity index (χ3v) is 3.19. The van der Waals surface area contributed by atoms with Crippen molar-refractivity contribution in [2.24, 2.45) is 0 Å². The van der Waals surface area contributed by atoms with Crippen molar-refractivity contribution in [3.05, 3.63) is 28.0 Å². The molecule has 0 aliphatic heterocycles. The number of carboxylic acid groups (broad SMARTS) is 1. The topological polar surface area (TPSA) is 110 Å². The number of carbonyl (C=O) groups excluding carboxylic acids is 1. The van der Waals surface area contributed by atoms with Gasteiger partial charge in [0, 0.05) is 0 Å². The van der Waals surface area contributed by atoms with Gasteiger partial charge in [0.25, 0.3) is 5.91 Å². The van der Waals surface area contributed by atoms with E-state index in [9.17, 15) is 9.59 Å². The number of amides is 1. The predicted molar refractivity (Wildman–Crippen MR) is 65.7 cm³/mol. The van der Waals surface area contributed by atoms with Crippen molar-refractivity contribution >= 4 is 23.2 Å². The van der Waals surface area contributed by atoms with Crippen molar-refractivity contribution in [2.75, 3.05) is 0 Å². The Morgan fingerprint density at radius 1 is 1.53 bits per heavy atom. The van der Waals surface area contributed by atoms with Gasteiger partial charge in [-0.25, -0.2) is 9.67 Å². The van der Waals surface area contributed by atoms with Gasteiger partial charge in [-0.3, -0.25) is 9.59 Å². The van der Waals surface area contributed by atoms with Crippen LogP contribution < -0.4 is 5.32 Å². The van der Waals surface area contributed by atoms with Crippen LogP contribution in [0.4, 0.5) is 0 Å². The average molecular weight is 281 g/mol. The fourth-order valence-corrected chi connectivity index (χ4v) is 2.13. The average Bonchev–Trinajstić information content (AvgIpc) is 2.94. The van der Waals surface area contributed by atoms with Crippen LogP contribution in [0, 0.1) is 6.92 Å². The summed E-state index contributed by atoms with van der Waals surface area (Å²) in [5.74, 6) is -1.23. The van der Waals surface area contributed by atoms with Crippen LogP contribution in [0.1, 0.15) is 21.1 Å². The highest BCUT2D eigenvalue weighted by molar-refractivity contribution is 7.11. The summed E-state index contributed by atoms with van der Waals surface area (Å²) in [6, 6.07) is 0. The summed E-state index contributed by atoms with van der Waals surface area (Å²) in [5, 5.41) is 18.7. The molecule has 0 bridgehead atoms. The lowest BCUT2D eigenvalue weighted by atomic mass is 10.3. The number of aryl methyl sites for hydroxylation is 1. The standard InChI is InChI=1S/C10H11N5O3S/c1-6-9(19-5-12-6)10(18)11-2-7-3-15(14-13-7)4-8(16)17/h3,5H,2,4H2,1H3,(H,11,18)(H,16,17). The van der Waals surface area contributed by atoms with Crippen LogP contribution >= 0.6 is 11.3 Å². The molecule has 100 valence electrons. The molecule has 2 aromatic rings. The number of aliphatic carboxylic acids is 1. The number of aromatic nitrogens is 4. The molecule has 0 aromatic carbocycles. The Labute approximate surface area is 112 Å². The normalized spacial score (nSPS) is 10.4. The van der Waals surface area contributed by atoms with Crippen molar-refractivity contribution in [2.45, 2.75) is 20.0 Å². The van der Waals surface area contributed by atoms with Crippen LogP contribution in [-0.4, -0.2) is 37.0 Å². The van der Waals surface area contributed by atoms with Crippen LogP contribution in [0.3, 0.4) is 0 Å². The molecule has 0 spiro atoms. The second kappa shape index (κ2) is 5.57. The molecule has 0 saturated heterocycles. The zero-order chi connectivity index (χ0) is 13.8. The van der Waals surface area contributed by atoms with E-state index in [1.807, 2.05) is 0 Å². The molecule has 0 atom stereocenters. The Balaban J connectivity index is 1.92. The number of thiazole rings is 1. The summed E-state index contributed by atoms with van der Waals surface area (Å²) < 4.78 is 1.20. The smallest absolute Gasteiger partial charge is 0.325 e. The predicted octanol–water partition coefficient (Wildman–Crippen LogP) is 0.0576. The zero-order valence-corrected chi connectivity index (χ0v) is 10.8. The molecule has 0 aliphatic rings. The lowest BCUT2D eigenvalue weighted by Crippen LogP contribution is -2.22. The van der Waals surface area contributed by atoms with Gasteiger partial charge in [-0.05, 0) is 6.92 Å². The molecular weight excluding hydrogens is 270 g/mol. The van der Waals surface area contributed by atoms with E-state index in [1.54, 1.807) is 12.4 Å². The monoisotopic (exact) mass is 281 g/mol. The Kier molecular flexibility index (Phi) is 3.85. The van der Waals surface area contributed by atoms with Gasteiger partial charge in [0.2, 0.25) is 0 Å². The Hall–Kier alpha value is -2.29. The first-order valence-corrected chi connectivity index (χ1v) is 6.23. The van der Waals surface area contributed by atoms with E-state index in [0.29, 0.717) is 16.3 Å².